The van der Waals surface area contributed by atoms with E-state index in [1.807, 2.05) is 17.7 Å². The summed E-state index contributed by atoms with van der Waals surface area (Å²) in [6, 6.07) is 22.5. The Labute approximate surface area is 200 Å². The van der Waals surface area contributed by atoms with E-state index < -0.39 is 0 Å². The van der Waals surface area contributed by atoms with Crippen LogP contribution < -0.4 is 4.87 Å². The van der Waals surface area contributed by atoms with Gasteiger partial charge in [0, 0.05) is 29.7 Å². The van der Waals surface area contributed by atoms with Gasteiger partial charge in [0.2, 0.25) is 0 Å². The summed E-state index contributed by atoms with van der Waals surface area (Å²) in [5.41, 5.74) is 2.47. The number of ether oxygens (including phenoxy) is 1. The van der Waals surface area contributed by atoms with Crippen LogP contribution in [0.1, 0.15) is 60.6 Å². The fraction of sp³-hybridized carbons (Fsp3) is 0.464. The fourth-order valence-electron chi connectivity index (χ4n) is 5.73. The van der Waals surface area contributed by atoms with Crippen LogP contribution in [0, 0.1) is 6.92 Å². The number of aromatic nitrogens is 1. The second-order valence-corrected chi connectivity index (χ2v) is 10.8. The molecule has 2 fully saturated rings. The first-order valence-electron chi connectivity index (χ1n) is 12.4. The van der Waals surface area contributed by atoms with Gasteiger partial charge in [0.05, 0.1) is 6.10 Å². The van der Waals surface area contributed by atoms with Gasteiger partial charge >= 0.3 is 4.87 Å². The largest absolute Gasteiger partial charge is 0.365 e. The molecule has 0 amide bonds. The van der Waals surface area contributed by atoms with Crippen LogP contribution in [0.25, 0.3) is 0 Å². The molecule has 1 aromatic heterocycles. The van der Waals surface area contributed by atoms with Crippen molar-refractivity contribution in [1.29, 1.82) is 0 Å². The number of hydrogen-bond donors (Lipinski definition) is 0. The maximum absolute atomic E-state index is 11.9. The van der Waals surface area contributed by atoms with Gasteiger partial charge < -0.3 is 9.30 Å². The lowest BCUT2D eigenvalue weighted by molar-refractivity contribution is -0.0484. The molecule has 0 aliphatic carbocycles. The minimum atomic E-state index is -0.00395. The molecule has 4 nitrogen and oxygen atoms in total. The Morgan fingerprint density at radius 3 is 2.03 bits per heavy atom. The van der Waals surface area contributed by atoms with E-state index in [1.165, 1.54) is 35.3 Å². The smallest absolute Gasteiger partial charge is 0.307 e. The Balaban J connectivity index is 1.18. The maximum Gasteiger partial charge on any atom is 0.307 e. The Morgan fingerprint density at radius 2 is 1.48 bits per heavy atom. The molecule has 0 saturated carbocycles. The monoisotopic (exact) mass is 462 g/mol. The molecular formula is C28H34N2O2S. The first kappa shape index (κ1) is 22.6. The van der Waals surface area contributed by atoms with E-state index in [-0.39, 0.29) is 11.0 Å². The van der Waals surface area contributed by atoms with Crippen LogP contribution in [0.15, 0.2) is 71.7 Å². The normalized spacial score (nSPS) is 22.8. The number of thiazole rings is 1. The van der Waals surface area contributed by atoms with Gasteiger partial charge in [-0.3, -0.25) is 9.69 Å². The second kappa shape index (κ2) is 10.4. The van der Waals surface area contributed by atoms with Crippen molar-refractivity contribution >= 4 is 11.3 Å². The number of aryl methyl sites for hydroxylation is 2. The number of rotatable bonds is 9. The molecule has 2 bridgehead atoms. The Bertz CT molecular complexity index is 1020. The molecule has 3 heterocycles. The lowest BCUT2D eigenvalue weighted by Crippen LogP contribution is -2.46. The molecule has 2 aliphatic rings. The Morgan fingerprint density at radius 1 is 0.909 bits per heavy atom. The minimum absolute atomic E-state index is 0.00395. The summed E-state index contributed by atoms with van der Waals surface area (Å²) in [7, 11) is 0. The van der Waals surface area contributed by atoms with Crippen molar-refractivity contribution in [2.45, 2.75) is 76.3 Å². The first-order valence-corrected chi connectivity index (χ1v) is 13.2. The number of nitrogens with zero attached hydrogens (tertiary/aromatic N) is 2. The SMILES string of the molecule is Cc1cn(CCCCN2C3CCC2CC(OC(c2ccccc2)c2ccccc2)C3)c(=O)s1. The molecule has 2 aromatic carbocycles. The van der Waals surface area contributed by atoms with Crippen LogP contribution in [0.2, 0.25) is 0 Å². The van der Waals surface area contributed by atoms with Crippen LogP contribution in [0.3, 0.4) is 0 Å². The van der Waals surface area contributed by atoms with Crippen LogP contribution in [0.5, 0.6) is 0 Å². The van der Waals surface area contributed by atoms with E-state index in [4.69, 9.17) is 4.74 Å². The quantitative estimate of drug-likeness (QED) is 0.377. The number of benzene rings is 2. The molecule has 5 rings (SSSR count). The summed E-state index contributed by atoms with van der Waals surface area (Å²) in [6.07, 6.45) is 9.32. The minimum Gasteiger partial charge on any atom is -0.365 e. The Hall–Kier alpha value is -2.21. The van der Waals surface area contributed by atoms with Crippen LogP contribution in [-0.2, 0) is 11.3 Å². The predicted molar refractivity (Wildman–Crippen MR) is 135 cm³/mol. The highest BCUT2D eigenvalue weighted by atomic mass is 32.1. The number of unbranched alkanes of at least 4 members (excludes halogenated alkanes) is 1. The highest BCUT2D eigenvalue weighted by Gasteiger charge is 2.41. The topological polar surface area (TPSA) is 34.5 Å². The summed E-state index contributed by atoms with van der Waals surface area (Å²) < 4.78 is 8.71. The van der Waals surface area contributed by atoms with Crippen LogP contribution in [0.4, 0.5) is 0 Å². The standard InChI is InChI=1S/C28H34N2O2S/c1-21-20-29(28(31)33-21)16-8-9-17-30-24-14-15-25(30)19-26(18-24)32-27(22-10-4-2-5-11-22)23-12-6-3-7-13-23/h2-7,10-13,20,24-27H,8-9,14-19H2,1H3. The van der Waals surface area contributed by atoms with Crippen molar-refractivity contribution in [2.75, 3.05) is 6.54 Å². The van der Waals surface area contributed by atoms with E-state index in [0.29, 0.717) is 18.2 Å². The van der Waals surface area contributed by atoms with E-state index in [1.54, 1.807) is 0 Å². The van der Waals surface area contributed by atoms with Crippen molar-refractivity contribution in [3.05, 3.63) is 92.5 Å². The van der Waals surface area contributed by atoms with Gasteiger partial charge in [-0.05, 0) is 63.1 Å². The summed E-state index contributed by atoms with van der Waals surface area (Å²) in [5.74, 6) is 0. The molecule has 0 spiro atoms. The summed E-state index contributed by atoms with van der Waals surface area (Å²) in [4.78, 5) is 16.0. The molecule has 2 aliphatic heterocycles. The van der Waals surface area contributed by atoms with Crippen LogP contribution >= 0.6 is 11.3 Å². The molecule has 3 aromatic rings. The third-order valence-electron chi connectivity index (χ3n) is 7.26. The molecule has 2 atom stereocenters. The van der Waals surface area contributed by atoms with Crippen molar-refractivity contribution in [1.82, 2.24) is 9.47 Å². The Kier molecular flexibility index (Phi) is 7.10. The molecule has 2 unspecified atom stereocenters. The third-order valence-corrected chi connectivity index (χ3v) is 8.10. The zero-order chi connectivity index (χ0) is 22.6. The highest BCUT2D eigenvalue weighted by Crippen LogP contribution is 2.39. The maximum atomic E-state index is 11.9. The fourth-order valence-corrected chi connectivity index (χ4v) is 6.44. The second-order valence-electron chi connectivity index (χ2n) is 9.56. The average Bonchev–Trinajstić information content (AvgIpc) is 3.28. The van der Waals surface area contributed by atoms with Crippen molar-refractivity contribution in [2.24, 2.45) is 0 Å². The molecule has 2 saturated heterocycles. The van der Waals surface area contributed by atoms with Crippen molar-refractivity contribution in [3.63, 3.8) is 0 Å². The van der Waals surface area contributed by atoms with Gasteiger partial charge in [0.15, 0.2) is 0 Å². The van der Waals surface area contributed by atoms with Crippen molar-refractivity contribution < 1.29 is 4.74 Å². The van der Waals surface area contributed by atoms with Crippen molar-refractivity contribution in [3.8, 4) is 0 Å². The van der Waals surface area contributed by atoms with Gasteiger partial charge in [-0.1, -0.05) is 72.0 Å². The van der Waals surface area contributed by atoms with Gasteiger partial charge in [0.25, 0.3) is 0 Å². The third kappa shape index (κ3) is 5.32. The lowest BCUT2D eigenvalue weighted by Gasteiger charge is -2.40. The lowest BCUT2D eigenvalue weighted by atomic mass is 9.97. The zero-order valence-corrected chi connectivity index (χ0v) is 20.3. The number of hydrogen-bond acceptors (Lipinski definition) is 4. The summed E-state index contributed by atoms with van der Waals surface area (Å²) in [6.45, 7) is 3.99. The molecule has 33 heavy (non-hydrogen) atoms. The number of fused-ring (bicyclic) bond motifs is 2. The summed E-state index contributed by atoms with van der Waals surface area (Å²) >= 11 is 1.35. The first-order chi connectivity index (χ1) is 16.2. The average molecular weight is 463 g/mol. The van der Waals surface area contributed by atoms with Gasteiger partial charge in [-0.2, -0.15) is 0 Å². The van der Waals surface area contributed by atoms with E-state index in [0.717, 1.165) is 43.6 Å². The van der Waals surface area contributed by atoms with Gasteiger partial charge in [0.1, 0.15) is 6.10 Å². The molecule has 5 heteroatoms. The van der Waals surface area contributed by atoms with Crippen LogP contribution in [-0.4, -0.2) is 34.2 Å². The van der Waals surface area contributed by atoms with Gasteiger partial charge in [-0.25, -0.2) is 0 Å². The molecule has 174 valence electrons. The molecule has 0 radical (unpaired) electrons. The van der Waals surface area contributed by atoms with E-state index >= 15 is 0 Å². The predicted octanol–water partition coefficient (Wildman–Crippen LogP) is 5.80. The van der Waals surface area contributed by atoms with Gasteiger partial charge in [-0.15, -0.1) is 0 Å². The number of piperidine rings is 1. The summed E-state index contributed by atoms with van der Waals surface area (Å²) in [5, 5.41) is 0. The molecule has 0 N–H and O–H groups in total. The zero-order valence-electron chi connectivity index (χ0n) is 19.4. The van der Waals surface area contributed by atoms with E-state index in [9.17, 15) is 4.79 Å². The van der Waals surface area contributed by atoms with E-state index in [2.05, 4.69) is 65.6 Å². The molecular weight excluding hydrogens is 428 g/mol. The highest BCUT2D eigenvalue weighted by molar-refractivity contribution is 7.09.